The highest BCUT2D eigenvalue weighted by atomic mass is 19.3. The molecule has 27 heavy (non-hydrogen) atoms. The maximum atomic E-state index is 13.2. The summed E-state index contributed by atoms with van der Waals surface area (Å²) in [5, 5.41) is 4.43. The number of rotatable bonds is 5. The van der Waals surface area contributed by atoms with Crippen LogP contribution >= 0.6 is 0 Å². The van der Waals surface area contributed by atoms with Crippen molar-refractivity contribution in [3.63, 3.8) is 0 Å². The Hall–Kier alpha value is -2.44. The molecule has 1 unspecified atom stereocenters. The van der Waals surface area contributed by atoms with Crippen molar-refractivity contribution < 1.29 is 18.3 Å². The van der Waals surface area contributed by atoms with Crippen LogP contribution in [0.2, 0.25) is 0 Å². The summed E-state index contributed by atoms with van der Waals surface area (Å²) in [4.78, 5) is 14.2. The summed E-state index contributed by atoms with van der Waals surface area (Å²) in [6.07, 6.45) is 0.587. The molecule has 1 atom stereocenters. The molecular formula is C20H25F2N3O2. The van der Waals surface area contributed by atoms with Gasteiger partial charge < -0.3 is 9.64 Å². The molecular weight excluding hydrogens is 352 g/mol. The van der Waals surface area contributed by atoms with Crippen molar-refractivity contribution in [2.75, 3.05) is 13.1 Å². The average Bonchev–Trinajstić information content (AvgIpc) is 3.13. The Bertz CT molecular complexity index is 777. The number of hydrogen-bond donors (Lipinski definition) is 0. The molecule has 0 bridgehead atoms. The van der Waals surface area contributed by atoms with Gasteiger partial charge in [-0.15, -0.1) is 0 Å². The van der Waals surface area contributed by atoms with Crippen molar-refractivity contribution in [1.29, 1.82) is 0 Å². The Kier molecular flexibility index (Phi) is 5.77. The second-order valence-corrected chi connectivity index (χ2v) is 6.61. The van der Waals surface area contributed by atoms with Crippen molar-refractivity contribution in [2.24, 2.45) is 5.92 Å². The van der Waals surface area contributed by atoms with Gasteiger partial charge in [-0.3, -0.25) is 9.48 Å². The monoisotopic (exact) mass is 377 g/mol. The highest BCUT2D eigenvalue weighted by Gasteiger charge is 2.57. The van der Waals surface area contributed by atoms with Crippen LogP contribution in [0.25, 0.3) is 0 Å². The van der Waals surface area contributed by atoms with E-state index in [1.807, 2.05) is 44.2 Å². The third-order valence-corrected chi connectivity index (χ3v) is 4.66. The molecule has 146 valence electrons. The topological polar surface area (TPSA) is 47.4 Å². The summed E-state index contributed by atoms with van der Waals surface area (Å²) in [7, 11) is 0. The van der Waals surface area contributed by atoms with Crippen LogP contribution in [0, 0.1) is 5.92 Å². The highest BCUT2D eigenvalue weighted by molar-refractivity contribution is 5.93. The molecule has 2 aromatic rings. The first-order valence-corrected chi connectivity index (χ1v) is 9.44. The number of fused-ring (bicyclic) bond motifs is 1. The van der Waals surface area contributed by atoms with Crippen molar-refractivity contribution in [2.45, 2.75) is 45.8 Å². The lowest BCUT2D eigenvalue weighted by molar-refractivity contribution is 0.0660. The molecule has 0 radical (unpaired) electrons. The molecule has 1 saturated carbocycles. The SMILES string of the molecule is CC.O=C1c2cc(COc3ccccc3)nn2CCCN1CC1CC1(F)F. The highest BCUT2D eigenvalue weighted by Crippen LogP contribution is 2.49. The van der Waals surface area contributed by atoms with Crippen LogP contribution in [0.1, 0.15) is 42.9 Å². The molecule has 1 fully saturated rings. The zero-order valence-corrected chi connectivity index (χ0v) is 15.7. The van der Waals surface area contributed by atoms with Gasteiger partial charge in [0.25, 0.3) is 11.8 Å². The van der Waals surface area contributed by atoms with E-state index in [-0.39, 0.29) is 25.5 Å². The smallest absolute Gasteiger partial charge is 0.272 e. The largest absolute Gasteiger partial charge is 0.487 e. The predicted octanol–water partition coefficient (Wildman–Crippen LogP) is 3.99. The lowest BCUT2D eigenvalue weighted by atomic mass is 10.3. The van der Waals surface area contributed by atoms with E-state index < -0.39 is 11.8 Å². The molecule has 2 heterocycles. The first-order valence-electron chi connectivity index (χ1n) is 9.44. The van der Waals surface area contributed by atoms with Crippen LogP contribution in [0.3, 0.4) is 0 Å². The van der Waals surface area contributed by atoms with Crippen molar-refractivity contribution in [3.8, 4) is 5.75 Å². The number of aryl methyl sites for hydroxylation is 1. The minimum absolute atomic E-state index is 0.118. The van der Waals surface area contributed by atoms with Gasteiger partial charge in [0.2, 0.25) is 0 Å². The van der Waals surface area contributed by atoms with E-state index in [0.717, 1.165) is 5.75 Å². The van der Waals surface area contributed by atoms with E-state index in [2.05, 4.69) is 5.10 Å². The fraction of sp³-hybridized carbons (Fsp3) is 0.500. The first-order chi connectivity index (χ1) is 13.0. The standard InChI is InChI=1S/C18H19F2N3O2.C2H6/c19-18(20)10-13(18)11-22-7-4-8-23-16(17(22)24)9-14(21-23)12-25-15-5-2-1-3-6-15;1-2/h1-3,5-6,9,13H,4,7-8,10-12H2;1-2H3. The van der Waals surface area contributed by atoms with Crippen LogP contribution in [0.4, 0.5) is 8.78 Å². The first kappa shape index (κ1) is 19.3. The molecule has 1 aromatic carbocycles. The molecule has 1 aromatic heterocycles. The van der Waals surface area contributed by atoms with Gasteiger partial charge in [0.1, 0.15) is 23.7 Å². The maximum Gasteiger partial charge on any atom is 0.272 e. The number of carbonyl (C=O) groups is 1. The zero-order chi connectivity index (χ0) is 19.4. The third kappa shape index (κ3) is 4.46. The number of hydrogen-bond acceptors (Lipinski definition) is 3. The minimum atomic E-state index is -2.61. The van der Waals surface area contributed by atoms with E-state index in [9.17, 15) is 13.6 Å². The number of amides is 1. The number of para-hydroxylation sites is 1. The summed E-state index contributed by atoms with van der Waals surface area (Å²) in [6, 6.07) is 11.1. The Morgan fingerprint density at radius 3 is 2.59 bits per heavy atom. The molecule has 7 heteroatoms. The lowest BCUT2D eigenvalue weighted by Gasteiger charge is -2.19. The van der Waals surface area contributed by atoms with E-state index in [0.29, 0.717) is 30.9 Å². The molecule has 0 N–H and O–H groups in total. The molecule has 0 saturated heterocycles. The molecule has 5 nitrogen and oxygen atoms in total. The van der Waals surface area contributed by atoms with E-state index in [4.69, 9.17) is 4.74 Å². The summed E-state index contributed by atoms with van der Waals surface area (Å²) >= 11 is 0. The van der Waals surface area contributed by atoms with Crippen molar-refractivity contribution >= 4 is 5.91 Å². The summed E-state index contributed by atoms with van der Waals surface area (Å²) in [5.41, 5.74) is 1.11. The third-order valence-electron chi connectivity index (χ3n) is 4.66. The van der Waals surface area contributed by atoms with Gasteiger partial charge in [-0.1, -0.05) is 32.0 Å². The Morgan fingerprint density at radius 1 is 1.22 bits per heavy atom. The normalized spacial score (nSPS) is 20.2. The average molecular weight is 377 g/mol. The maximum absolute atomic E-state index is 13.2. The van der Waals surface area contributed by atoms with Gasteiger partial charge in [-0.25, -0.2) is 8.78 Å². The molecule has 1 amide bonds. The minimum Gasteiger partial charge on any atom is -0.487 e. The van der Waals surface area contributed by atoms with Crippen molar-refractivity contribution in [1.82, 2.24) is 14.7 Å². The number of alkyl halides is 2. The second kappa shape index (κ2) is 8.06. The van der Waals surface area contributed by atoms with Gasteiger partial charge in [0, 0.05) is 32.0 Å². The number of ether oxygens (including phenoxy) is 1. The lowest BCUT2D eigenvalue weighted by Crippen LogP contribution is -2.33. The fourth-order valence-corrected chi connectivity index (χ4v) is 3.14. The Labute approximate surface area is 157 Å². The number of carbonyl (C=O) groups excluding carboxylic acids is 1. The van der Waals surface area contributed by atoms with Crippen LogP contribution in [-0.4, -0.2) is 39.6 Å². The zero-order valence-electron chi connectivity index (χ0n) is 15.7. The van der Waals surface area contributed by atoms with Crippen LogP contribution in [0.5, 0.6) is 5.75 Å². The second-order valence-electron chi connectivity index (χ2n) is 6.61. The van der Waals surface area contributed by atoms with Crippen LogP contribution in [0.15, 0.2) is 36.4 Å². The van der Waals surface area contributed by atoms with Gasteiger partial charge in [-0.05, 0) is 24.6 Å². The van der Waals surface area contributed by atoms with Gasteiger partial charge in [0.15, 0.2) is 0 Å². The molecule has 0 spiro atoms. The fourth-order valence-electron chi connectivity index (χ4n) is 3.14. The number of nitrogens with zero attached hydrogens (tertiary/aromatic N) is 3. The van der Waals surface area contributed by atoms with Crippen LogP contribution in [-0.2, 0) is 13.2 Å². The Morgan fingerprint density at radius 2 is 1.93 bits per heavy atom. The number of benzene rings is 1. The predicted molar refractivity (Wildman–Crippen MR) is 97.9 cm³/mol. The Balaban J connectivity index is 0.00000102. The van der Waals surface area contributed by atoms with E-state index in [1.165, 1.54) is 4.90 Å². The molecule has 1 aliphatic heterocycles. The summed E-state index contributed by atoms with van der Waals surface area (Å²) < 4.78 is 33.7. The number of aromatic nitrogens is 2. The quantitative estimate of drug-likeness (QED) is 0.792. The molecule has 2 aliphatic rings. The molecule has 1 aliphatic carbocycles. The summed E-state index contributed by atoms with van der Waals surface area (Å²) in [5.74, 6) is -2.80. The van der Waals surface area contributed by atoms with Crippen LogP contribution < -0.4 is 4.74 Å². The van der Waals surface area contributed by atoms with Gasteiger partial charge in [0.05, 0.1) is 0 Å². The number of halogens is 2. The van der Waals surface area contributed by atoms with Gasteiger partial charge in [-0.2, -0.15) is 5.10 Å². The van der Waals surface area contributed by atoms with E-state index >= 15 is 0 Å². The summed E-state index contributed by atoms with van der Waals surface area (Å²) in [6.45, 7) is 5.47. The molecule has 4 rings (SSSR count). The van der Waals surface area contributed by atoms with E-state index in [1.54, 1.807) is 10.7 Å². The van der Waals surface area contributed by atoms with Crippen molar-refractivity contribution in [3.05, 3.63) is 47.8 Å². The van der Waals surface area contributed by atoms with Gasteiger partial charge >= 0.3 is 0 Å².